The molecule has 1 heterocycles. The summed E-state index contributed by atoms with van der Waals surface area (Å²) in [5, 5.41) is 0.573. The van der Waals surface area contributed by atoms with Crippen molar-refractivity contribution < 1.29 is 0 Å². The minimum absolute atomic E-state index is 0.573. The molecule has 1 rings (SSSR count). The van der Waals surface area contributed by atoms with E-state index < -0.39 is 0 Å². The van der Waals surface area contributed by atoms with E-state index in [4.69, 9.17) is 11.6 Å². The molecule has 0 fully saturated rings. The second kappa shape index (κ2) is 5.31. The molecule has 0 saturated heterocycles. The van der Waals surface area contributed by atoms with Crippen LogP contribution >= 0.6 is 11.6 Å². The Morgan fingerprint density at radius 2 is 1.73 bits per heavy atom. The molecule has 15 heavy (non-hydrogen) atoms. The van der Waals surface area contributed by atoms with Gasteiger partial charge < -0.3 is 4.90 Å². The highest BCUT2D eigenvalue weighted by molar-refractivity contribution is 6.30. The van der Waals surface area contributed by atoms with Gasteiger partial charge in [-0.2, -0.15) is 0 Å². The predicted molar refractivity (Wildman–Crippen MR) is 64.7 cm³/mol. The maximum absolute atomic E-state index is 6.08. The zero-order valence-corrected chi connectivity index (χ0v) is 10.6. The van der Waals surface area contributed by atoms with Gasteiger partial charge in [-0.05, 0) is 20.8 Å². The third-order valence-electron chi connectivity index (χ3n) is 2.49. The highest BCUT2D eigenvalue weighted by Crippen LogP contribution is 2.23. The van der Waals surface area contributed by atoms with Crippen molar-refractivity contribution in [1.82, 2.24) is 9.97 Å². The Balaban J connectivity index is 3.20. The number of aryl methyl sites for hydroxylation is 1. The van der Waals surface area contributed by atoms with Gasteiger partial charge in [0.1, 0.15) is 16.8 Å². The molecule has 1 aromatic heterocycles. The van der Waals surface area contributed by atoms with Gasteiger partial charge in [0.2, 0.25) is 0 Å². The number of hydrogen-bond acceptors (Lipinski definition) is 3. The van der Waals surface area contributed by atoms with Crippen molar-refractivity contribution in [3.05, 3.63) is 16.5 Å². The number of aromatic nitrogens is 2. The zero-order chi connectivity index (χ0) is 11.4. The van der Waals surface area contributed by atoms with Gasteiger partial charge in [-0.3, -0.25) is 0 Å². The first-order chi connectivity index (χ1) is 7.13. The first-order valence-corrected chi connectivity index (χ1v) is 5.79. The normalized spacial score (nSPS) is 10.5. The lowest BCUT2D eigenvalue weighted by Crippen LogP contribution is -2.24. The quantitative estimate of drug-likeness (QED) is 0.741. The Kier molecular flexibility index (Phi) is 4.33. The third-order valence-corrected chi connectivity index (χ3v) is 2.85. The lowest BCUT2D eigenvalue weighted by atomic mass is 10.3. The predicted octanol–water partition coefficient (Wildman–Crippen LogP) is 2.85. The molecule has 0 aliphatic rings. The summed E-state index contributed by atoms with van der Waals surface area (Å²) in [5.41, 5.74) is 0.970. The lowest BCUT2D eigenvalue weighted by Gasteiger charge is -2.22. The van der Waals surface area contributed by atoms with Crippen LogP contribution in [0.5, 0.6) is 0 Å². The van der Waals surface area contributed by atoms with Crippen LogP contribution in [0.1, 0.15) is 32.2 Å². The molecule has 0 aliphatic carbocycles. The molecule has 0 spiro atoms. The maximum atomic E-state index is 6.08. The summed E-state index contributed by atoms with van der Waals surface area (Å²) in [6.07, 6.45) is 0.814. The van der Waals surface area contributed by atoms with Gasteiger partial charge in [-0.25, -0.2) is 9.97 Å². The Hall–Kier alpha value is -0.830. The first-order valence-electron chi connectivity index (χ1n) is 5.41. The molecule has 84 valence electrons. The van der Waals surface area contributed by atoms with Crippen molar-refractivity contribution in [1.29, 1.82) is 0 Å². The van der Waals surface area contributed by atoms with Crippen LogP contribution < -0.4 is 4.90 Å². The number of hydrogen-bond donors (Lipinski definition) is 0. The van der Waals surface area contributed by atoms with E-state index in [-0.39, 0.29) is 0 Å². The van der Waals surface area contributed by atoms with Crippen LogP contribution in [0.15, 0.2) is 0 Å². The molecule has 0 unspecified atom stereocenters. The van der Waals surface area contributed by atoms with Gasteiger partial charge in [-0.1, -0.05) is 18.5 Å². The minimum atomic E-state index is 0.573. The monoisotopic (exact) mass is 227 g/mol. The van der Waals surface area contributed by atoms with E-state index in [2.05, 4.69) is 28.7 Å². The van der Waals surface area contributed by atoms with Gasteiger partial charge >= 0.3 is 0 Å². The molecule has 0 saturated carbocycles. The van der Waals surface area contributed by atoms with Gasteiger partial charge in [0, 0.05) is 25.1 Å². The summed E-state index contributed by atoms with van der Waals surface area (Å²) in [7, 11) is 0. The third kappa shape index (κ3) is 2.59. The van der Waals surface area contributed by atoms with Gasteiger partial charge in [0.05, 0.1) is 0 Å². The molecule has 0 atom stereocenters. The average molecular weight is 228 g/mol. The van der Waals surface area contributed by atoms with E-state index >= 15 is 0 Å². The summed E-state index contributed by atoms with van der Waals surface area (Å²) in [5.74, 6) is 1.78. The van der Waals surface area contributed by atoms with E-state index in [1.165, 1.54) is 0 Å². The van der Waals surface area contributed by atoms with Crippen molar-refractivity contribution >= 4 is 17.4 Å². The average Bonchev–Trinajstić information content (AvgIpc) is 2.25. The fraction of sp³-hybridized carbons (Fsp3) is 0.636. The maximum Gasteiger partial charge on any atom is 0.137 e. The fourth-order valence-electron chi connectivity index (χ4n) is 1.51. The second-order valence-corrected chi connectivity index (χ2v) is 3.76. The smallest absolute Gasteiger partial charge is 0.137 e. The molecular weight excluding hydrogens is 210 g/mol. The van der Waals surface area contributed by atoms with Crippen molar-refractivity contribution in [2.24, 2.45) is 0 Å². The van der Waals surface area contributed by atoms with E-state index in [1.807, 2.05) is 13.8 Å². The molecule has 0 aliphatic heterocycles. The van der Waals surface area contributed by atoms with Crippen molar-refractivity contribution in [2.45, 2.75) is 34.1 Å². The summed E-state index contributed by atoms with van der Waals surface area (Å²) < 4.78 is 0. The summed E-state index contributed by atoms with van der Waals surface area (Å²) in [6, 6.07) is 0. The summed E-state index contributed by atoms with van der Waals surface area (Å²) >= 11 is 6.08. The van der Waals surface area contributed by atoms with Crippen LogP contribution in [0.3, 0.4) is 0 Å². The largest absolute Gasteiger partial charge is 0.357 e. The van der Waals surface area contributed by atoms with Crippen LogP contribution in [0, 0.1) is 6.92 Å². The van der Waals surface area contributed by atoms with E-state index in [0.29, 0.717) is 5.15 Å². The molecule has 0 N–H and O–H groups in total. The van der Waals surface area contributed by atoms with Crippen LogP contribution in [-0.2, 0) is 6.42 Å². The topological polar surface area (TPSA) is 29.0 Å². The minimum Gasteiger partial charge on any atom is -0.357 e. The van der Waals surface area contributed by atoms with Gasteiger partial charge in [0.25, 0.3) is 0 Å². The Morgan fingerprint density at radius 1 is 1.13 bits per heavy atom. The van der Waals surface area contributed by atoms with Crippen molar-refractivity contribution in [3.63, 3.8) is 0 Å². The van der Waals surface area contributed by atoms with E-state index in [9.17, 15) is 0 Å². The standard InChI is InChI=1S/C11H18ClN3/c1-5-9-13-10(12)8(4)11(14-9)15(6-2)7-3/h5-7H2,1-4H3. The molecular formula is C11H18ClN3. The summed E-state index contributed by atoms with van der Waals surface area (Å²) in [6.45, 7) is 10.1. The molecule has 0 amide bonds. The van der Waals surface area contributed by atoms with Crippen LogP contribution in [0.25, 0.3) is 0 Å². The van der Waals surface area contributed by atoms with Crippen LogP contribution in [0.4, 0.5) is 5.82 Å². The number of anilines is 1. The van der Waals surface area contributed by atoms with Crippen LogP contribution in [-0.4, -0.2) is 23.1 Å². The molecule has 4 heteroatoms. The van der Waals surface area contributed by atoms with Crippen molar-refractivity contribution in [3.8, 4) is 0 Å². The van der Waals surface area contributed by atoms with Gasteiger partial charge in [0.15, 0.2) is 0 Å². The molecule has 0 aromatic carbocycles. The molecule has 0 bridgehead atoms. The molecule has 1 aromatic rings. The Labute approximate surface area is 96.5 Å². The molecule has 3 nitrogen and oxygen atoms in total. The fourth-order valence-corrected chi connectivity index (χ4v) is 1.69. The first kappa shape index (κ1) is 12.2. The number of nitrogens with zero attached hydrogens (tertiary/aromatic N) is 3. The van der Waals surface area contributed by atoms with Gasteiger partial charge in [-0.15, -0.1) is 0 Å². The number of rotatable bonds is 4. The SMILES string of the molecule is CCc1nc(Cl)c(C)c(N(CC)CC)n1. The second-order valence-electron chi connectivity index (χ2n) is 3.41. The Bertz CT molecular complexity index is 335. The van der Waals surface area contributed by atoms with Crippen LogP contribution in [0.2, 0.25) is 5.15 Å². The Morgan fingerprint density at radius 3 is 2.20 bits per heavy atom. The van der Waals surface area contributed by atoms with E-state index in [0.717, 1.165) is 36.7 Å². The van der Waals surface area contributed by atoms with Crippen molar-refractivity contribution in [2.75, 3.05) is 18.0 Å². The summed E-state index contributed by atoms with van der Waals surface area (Å²) in [4.78, 5) is 11.0. The lowest BCUT2D eigenvalue weighted by molar-refractivity contribution is 0.815. The zero-order valence-electron chi connectivity index (χ0n) is 9.84. The molecule has 0 radical (unpaired) electrons. The number of halogens is 1. The highest BCUT2D eigenvalue weighted by atomic mass is 35.5. The highest BCUT2D eigenvalue weighted by Gasteiger charge is 2.12. The van der Waals surface area contributed by atoms with E-state index in [1.54, 1.807) is 0 Å².